The highest BCUT2D eigenvalue weighted by atomic mass is 32.2. The van der Waals surface area contributed by atoms with Gasteiger partial charge in [-0.3, -0.25) is 4.79 Å². The van der Waals surface area contributed by atoms with Crippen LogP contribution in [0.25, 0.3) is 23.1 Å². The summed E-state index contributed by atoms with van der Waals surface area (Å²) in [4.78, 5) is 13.0. The maximum Gasteiger partial charge on any atom is 0.416 e. The molecule has 0 aliphatic carbocycles. The largest absolute Gasteiger partial charge is 0.443 e. The molecule has 1 aromatic heterocycles. The molecule has 6 nitrogen and oxygen atoms in total. The fourth-order valence-corrected chi connectivity index (χ4v) is 6.19. The summed E-state index contributed by atoms with van der Waals surface area (Å²) in [5.74, 6) is -0.391. The number of benzene rings is 3. The Morgan fingerprint density at radius 1 is 0.974 bits per heavy atom. The predicted octanol–water partition coefficient (Wildman–Crippen LogP) is 6.09. The number of furan rings is 1. The van der Waals surface area contributed by atoms with E-state index < -0.39 is 33.7 Å². The van der Waals surface area contributed by atoms with Gasteiger partial charge >= 0.3 is 6.18 Å². The van der Waals surface area contributed by atoms with Gasteiger partial charge in [-0.15, -0.1) is 0 Å². The van der Waals surface area contributed by atoms with Crippen molar-refractivity contribution in [1.82, 2.24) is 9.62 Å². The summed E-state index contributed by atoms with van der Waals surface area (Å²) in [5.41, 5.74) is 1.97. The molecule has 202 valence electrons. The third kappa shape index (κ3) is 5.91. The highest BCUT2D eigenvalue weighted by molar-refractivity contribution is 7.89. The van der Waals surface area contributed by atoms with E-state index in [1.807, 2.05) is 24.3 Å². The minimum Gasteiger partial charge on any atom is -0.443 e. The lowest BCUT2D eigenvalue weighted by Crippen LogP contribution is -2.45. The van der Waals surface area contributed by atoms with Crippen molar-refractivity contribution < 1.29 is 30.8 Å². The van der Waals surface area contributed by atoms with Gasteiger partial charge in [-0.25, -0.2) is 8.42 Å². The van der Waals surface area contributed by atoms with Crippen molar-refractivity contribution in [1.29, 1.82) is 0 Å². The number of fused-ring (bicyclic) bond motifs is 1. The molecule has 10 heteroatoms. The second-order valence-corrected chi connectivity index (χ2v) is 11.1. The molecule has 0 bridgehead atoms. The van der Waals surface area contributed by atoms with Crippen LogP contribution in [0, 0.1) is 0 Å². The molecule has 1 aliphatic heterocycles. The van der Waals surface area contributed by atoms with Gasteiger partial charge in [0, 0.05) is 24.5 Å². The van der Waals surface area contributed by atoms with E-state index in [0.717, 1.165) is 23.3 Å². The van der Waals surface area contributed by atoms with E-state index in [9.17, 15) is 26.4 Å². The molecule has 5 rings (SSSR count). The lowest BCUT2D eigenvalue weighted by molar-refractivity contribution is -0.137. The number of nitrogens with zero attached hydrogens (tertiary/aromatic N) is 1. The Labute approximate surface area is 223 Å². The molecule has 0 radical (unpaired) electrons. The van der Waals surface area contributed by atoms with E-state index in [4.69, 9.17) is 4.42 Å². The number of nitrogens with one attached hydrogen (secondary N) is 1. The first-order valence-corrected chi connectivity index (χ1v) is 13.8. The summed E-state index contributed by atoms with van der Waals surface area (Å²) >= 11 is 0. The first-order chi connectivity index (χ1) is 18.6. The Kier molecular flexibility index (Phi) is 7.33. The van der Waals surface area contributed by atoms with Crippen LogP contribution in [0.15, 0.2) is 88.4 Å². The van der Waals surface area contributed by atoms with Gasteiger partial charge in [-0.1, -0.05) is 60.7 Å². The van der Waals surface area contributed by atoms with E-state index in [1.54, 1.807) is 36.4 Å². The average molecular weight is 555 g/mol. The predicted molar refractivity (Wildman–Crippen MR) is 142 cm³/mol. The highest BCUT2D eigenvalue weighted by Crippen LogP contribution is 2.31. The summed E-state index contributed by atoms with van der Waals surface area (Å²) in [6.07, 6.45) is 0.0564. The minimum atomic E-state index is -4.38. The number of sulfonamides is 1. The van der Waals surface area contributed by atoms with Crippen LogP contribution in [0.5, 0.6) is 0 Å². The maximum atomic E-state index is 13.3. The molecule has 0 saturated carbocycles. The number of rotatable bonds is 7. The smallest absolute Gasteiger partial charge is 0.416 e. The second-order valence-electron chi connectivity index (χ2n) is 9.29. The zero-order valence-electron chi connectivity index (χ0n) is 20.7. The summed E-state index contributed by atoms with van der Waals surface area (Å²) < 4.78 is 71.6. The van der Waals surface area contributed by atoms with Crippen LogP contribution in [0.2, 0.25) is 0 Å². The summed E-state index contributed by atoms with van der Waals surface area (Å²) in [6.45, 7) is 0.414. The zero-order valence-corrected chi connectivity index (χ0v) is 21.5. The van der Waals surface area contributed by atoms with Crippen molar-refractivity contribution in [2.24, 2.45) is 0 Å². The number of hydrogen-bond donors (Lipinski definition) is 1. The molecule has 39 heavy (non-hydrogen) atoms. The Balaban J connectivity index is 1.23. The van der Waals surface area contributed by atoms with Crippen LogP contribution < -0.4 is 5.32 Å². The SMILES string of the molecule is O=C(NCc1cccc(C=Cc2ccc(C(F)(F)F)cc2)c1)[C@@H]1CCCN1S(=O)(=O)c1cc2ccccc2o1. The van der Waals surface area contributed by atoms with Crippen LogP contribution in [0.1, 0.15) is 35.1 Å². The molecule has 1 atom stereocenters. The van der Waals surface area contributed by atoms with Crippen LogP contribution in [-0.2, 0) is 27.5 Å². The molecular formula is C29H25F3N2O4S. The quantitative estimate of drug-likeness (QED) is 0.281. The number of carbonyl (C=O) groups excluding carboxylic acids is 1. The van der Waals surface area contributed by atoms with Crippen LogP contribution in [-0.4, -0.2) is 31.2 Å². The number of amides is 1. The molecule has 1 aliphatic rings. The molecule has 3 aromatic carbocycles. The highest BCUT2D eigenvalue weighted by Gasteiger charge is 2.41. The lowest BCUT2D eigenvalue weighted by atomic mass is 10.1. The van der Waals surface area contributed by atoms with Gasteiger partial charge in [0.1, 0.15) is 11.6 Å². The van der Waals surface area contributed by atoms with Gasteiger partial charge in [-0.05, 0) is 53.8 Å². The topological polar surface area (TPSA) is 79.6 Å². The second kappa shape index (κ2) is 10.7. The Morgan fingerprint density at radius 2 is 1.72 bits per heavy atom. The first kappa shape index (κ1) is 26.7. The van der Waals surface area contributed by atoms with Crippen molar-refractivity contribution >= 4 is 39.1 Å². The van der Waals surface area contributed by atoms with Gasteiger partial charge in [0.2, 0.25) is 11.0 Å². The fraction of sp³-hybridized carbons (Fsp3) is 0.207. The molecule has 1 fully saturated rings. The van der Waals surface area contributed by atoms with E-state index in [1.165, 1.54) is 22.5 Å². The van der Waals surface area contributed by atoms with Crippen molar-refractivity contribution in [3.05, 3.63) is 101 Å². The first-order valence-electron chi connectivity index (χ1n) is 12.3. The molecule has 0 spiro atoms. The molecule has 4 aromatic rings. The van der Waals surface area contributed by atoms with E-state index in [2.05, 4.69) is 5.32 Å². The molecule has 2 heterocycles. The van der Waals surface area contributed by atoms with E-state index in [0.29, 0.717) is 29.4 Å². The Hall–Kier alpha value is -3.89. The summed E-state index contributed by atoms with van der Waals surface area (Å²) in [6, 6.07) is 19.8. The molecule has 1 N–H and O–H groups in total. The number of alkyl halides is 3. The monoisotopic (exact) mass is 554 g/mol. The van der Waals surface area contributed by atoms with Gasteiger partial charge in [0.05, 0.1) is 5.56 Å². The zero-order chi connectivity index (χ0) is 27.6. The lowest BCUT2D eigenvalue weighted by Gasteiger charge is -2.22. The van der Waals surface area contributed by atoms with Gasteiger partial charge in [0.15, 0.2) is 0 Å². The molecule has 1 saturated heterocycles. The van der Waals surface area contributed by atoms with Crippen molar-refractivity contribution in [2.45, 2.75) is 36.7 Å². The normalized spacial score (nSPS) is 16.7. The number of halogens is 3. The Bertz CT molecular complexity index is 1590. The maximum absolute atomic E-state index is 13.3. The summed E-state index contributed by atoms with van der Waals surface area (Å²) in [5, 5.41) is 3.32. The number of para-hydroxylation sites is 1. The number of carbonyl (C=O) groups is 1. The van der Waals surface area contributed by atoms with E-state index >= 15 is 0 Å². The van der Waals surface area contributed by atoms with Crippen LogP contribution in [0.3, 0.4) is 0 Å². The van der Waals surface area contributed by atoms with Crippen molar-refractivity contribution in [2.75, 3.05) is 6.54 Å². The van der Waals surface area contributed by atoms with Crippen LogP contribution in [0.4, 0.5) is 13.2 Å². The third-order valence-electron chi connectivity index (χ3n) is 6.60. The van der Waals surface area contributed by atoms with Gasteiger partial charge < -0.3 is 9.73 Å². The summed E-state index contributed by atoms with van der Waals surface area (Å²) in [7, 11) is -3.99. The minimum absolute atomic E-state index is 0.184. The van der Waals surface area contributed by atoms with E-state index in [-0.39, 0.29) is 18.2 Å². The number of hydrogen-bond acceptors (Lipinski definition) is 4. The third-order valence-corrected chi connectivity index (χ3v) is 8.36. The van der Waals surface area contributed by atoms with Gasteiger partial charge in [-0.2, -0.15) is 17.5 Å². The fourth-order valence-electron chi connectivity index (χ4n) is 4.58. The van der Waals surface area contributed by atoms with Gasteiger partial charge in [0.25, 0.3) is 10.0 Å². The Morgan fingerprint density at radius 3 is 2.46 bits per heavy atom. The molecule has 1 amide bonds. The van der Waals surface area contributed by atoms with Crippen molar-refractivity contribution in [3.8, 4) is 0 Å². The van der Waals surface area contributed by atoms with Crippen LogP contribution >= 0.6 is 0 Å². The van der Waals surface area contributed by atoms with Crippen molar-refractivity contribution in [3.63, 3.8) is 0 Å². The molecule has 0 unspecified atom stereocenters. The molecular weight excluding hydrogens is 529 g/mol. The standard InChI is InChI=1S/C29H25F3N2O4S/c30-29(31,32)24-14-12-20(13-15-24)10-11-21-5-3-6-22(17-21)19-33-28(35)25-8-4-16-34(25)39(36,37)27-18-23-7-1-2-9-26(23)38-27/h1-3,5-7,9-15,17-18,25H,4,8,16,19H2,(H,33,35)/t25-/m0/s1. The average Bonchev–Trinajstić information content (AvgIpc) is 3.59.